The predicted octanol–water partition coefficient (Wildman–Crippen LogP) is 9.50. The highest BCUT2D eigenvalue weighted by atomic mass is 33.1. The molecule has 0 aromatic heterocycles. The Hall–Kier alpha value is -4.88. The number of carbonyl (C=O) groups excluding carboxylic acids is 2. The zero-order valence-electron chi connectivity index (χ0n) is 38.9. The van der Waals surface area contributed by atoms with Gasteiger partial charge in [0.25, 0.3) is 11.8 Å². The fourth-order valence-electron chi connectivity index (χ4n) is 11.3. The van der Waals surface area contributed by atoms with E-state index in [4.69, 9.17) is 9.47 Å². The van der Waals surface area contributed by atoms with Crippen LogP contribution in [0.3, 0.4) is 0 Å². The number of carbonyl (C=O) groups is 2. The third-order valence-corrected chi connectivity index (χ3v) is 17.5. The van der Waals surface area contributed by atoms with Crippen molar-refractivity contribution in [2.24, 2.45) is 0 Å². The maximum atomic E-state index is 13.4. The highest BCUT2D eigenvalue weighted by Gasteiger charge is 2.60. The van der Waals surface area contributed by atoms with Gasteiger partial charge in [-0.15, -0.1) is 0 Å². The third-order valence-electron chi connectivity index (χ3n) is 15.1. The second-order valence-electron chi connectivity index (χ2n) is 19.5. The average molecular weight is 925 g/mol. The molecule has 0 bridgehead atoms. The normalized spacial score (nSPS) is 23.5. The summed E-state index contributed by atoms with van der Waals surface area (Å²) in [5.41, 5.74) is 8.69. The maximum absolute atomic E-state index is 13.4. The van der Waals surface area contributed by atoms with Gasteiger partial charge in [0.2, 0.25) is 0 Å². The Morgan fingerprint density at radius 3 is 1.35 bits per heavy atom. The van der Waals surface area contributed by atoms with Gasteiger partial charge in [-0.2, -0.15) is 0 Å². The lowest BCUT2D eigenvalue weighted by Crippen LogP contribution is -2.51. The van der Waals surface area contributed by atoms with E-state index in [2.05, 4.69) is 155 Å². The number of hydrogen-bond donors (Lipinski definition) is 2. The molecule has 6 aliphatic rings. The van der Waals surface area contributed by atoms with Crippen molar-refractivity contribution in [1.29, 1.82) is 0 Å². The largest absolute Gasteiger partial charge is 0.372 e. The van der Waals surface area contributed by atoms with Gasteiger partial charge in [-0.05, 0) is 121 Å². The van der Waals surface area contributed by atoms with Crippen molar-refractivity contribution < 1.29 is 19.1 Å². The molecule has 2 unspecified atom stereocenters. The molecule has 10 rings (SSSR count). The maximum Gasteiger partial charge on any atom is 0.251 e. The van der Waals surface area contributed by atoms with Crippen molar-refractivity contribution in [1.82, 2.24) is 10.6 Å². The summed E-state index contributed by atoms with van der Waals surface area (Å²) < 4.78 is 13.2. The molecule has 346 valence electrons. The number of ether oxygens (including phenoxy) is 2. The van der Waals surface area contributed by atoms with Crippen LogP contribution in [-0.2, 0) is 20.3 Å². The molecule has 6 aliphatic heterocycles. The number of nitrogens with one attached hydrogen (secondary N) is 2. The molecule has 0 spiro atoms. The number of hydrogen-bond acceptors (Lipinski definition) is 10. The number of rotatable bonds is 15. The molecule has 2 atom stereocenters. The van der Waals surface area contributed by atoms with Gasteiger partial charge in [-0.1, -0.05) is 85.7 Å². The van der Waals surface area contributed by atoms with Crippen molar-refractivity contribution in [3.05, 3.63) is 130 Å². The van der Waals surface area contributed by atoms with Crippen LogP contribution >= 0.6 is 21.6 Å². The van der Waals surface area contributed by atoms with E-state index in [0.717, 1.165) is 84.4 Å². The molecule has 4 aromatic rings. The molecule has 12 heteroatoms. The number of amides is 2. The van der Waals surface area contributed by atoms with Gasteiger partial charge in [0, 0.05) is 109 Å². The second-order valence-corrected chi connectivity index (χ2v) is 22.2. The van der Waals surface area contributed by atoms with Crippen LogP contribution in [0.5, 0.6) is 0 Å². The highest BCUT2D eigenvalue weighted by molar-refractivity contribution is 8.76. The summed E-state index contributed by atoms with van der Waals surface area (Å²) in [5, 5.41) is 6.26. The van der Waals surface area contributed by atoms with E-state index in [0.29, 0.717) is 37.4 Å². The predicted molar refractivity (Wildman–Crippen MR) is 274 cm³/mol. The van der Waals surface area contributed by atoms with Crippen LogP contribution in [0.2, 0.25) is 0 Å². The van der Waals surface area contributed by atoms with Crippen molar-refractivity contribution in [3.63, 3.8) is 0 Å². The van der Waals surface area contributed by atoms with Crippen LogP contribution in [0, 0.1) is 0 Å². The molecular formula is C54H64N6O4S2. The van der Waals surface area contributed by atoms with Crippen molar-refractivity contribution in [2.75, 3.05) is 96.7 Å². The van der Waals surface area contributed by atoms with Crippen molar-refractivity contribution in [3.8, 4) is 0 Å². The van der Waals surface area contributed by atoms with E-state index in [1.54, 1.807) is 21.6 Å². The molecule has 10 nitrogen and oxygen atoms in total. The Bertz CT molecular complexity index is 2320. The van der Waals surface area contributed by atoms with Gasteiger partial charge < -0.3 is 39.7 Å². The fraction of sp³-hybridized carbons (Fsp3) is 0.444. The summed E-state index contributed by atoms with van der Waals surface area (Å²) in [6, 6.07) is 29.9. The quantitative estimate of drug-likeness (QED) is 0.0889. The SMILES string of the molecule is CC1(C)c2cc(C(=O)NCCSSCCNC(=O)c3ccc4c(c3)C(C)(C)C3(/C=C/c5ccc(N6CCCC6)cc5)OCCN43)ccc2N2CCOC21/C=C/c1ccc(N2CCCC2)cc1. The van der Waals surface area contributed by atoms with Crippen LogP contribution in [0.1, 0.15) is 96.3 Å². The van der Waals surface area contributed by atoms with Crippen molar-refractivity contribution in [2.45, 2.75) is 75.7 Å². The zero-order chi connectivity index (χ0) is 45.5. The molecule has 0 radical (unpaired) electrons. The monoisotopic (exact) mass is 924 g/mol. The van der Waals surface area contributed by atoms with Crippen molar-refractivity contribution >= 4 is 68.3 Å². The Balaban J connectivity index is 0.683. The van der Waals surface area contributed by atoms with E-state index in [-0.39, 0.29) is 22.6 Å². The second kappa shape index (κ2) is 18.3. The van der Waals surface area contributed by atoms with E-state index in [1.807, 2.05) is 12.1 Å². The number of anilines is 4. The topological polar surface area (TPSA) is 89.6 Å². The number of nitrogens with zero attached hydrogens (tertiary/aromatic N) is 4. The lowest BCUT2D eigenvalue weighted by Gasteiger charge is -2.39. The van der Waals surface area contributed by atoms with Crippen LogP contribution in [0.4, 0.5) is 22.7 Å². The van der Waals surface area contributed by atoms with Gasteiger partial charge in [0.15, 0.2) is 11.4 Å². The lowest BCUT2D eigenvalue weighted by molar-refractivity contribution is 0.000267. The number of benzene rings is 4. The van der Waals surface area contributed by atoms with Gasteiger partial charge in [-0.3, -0.25) is 9.59 Å². The summed E-state index contributed by atoms with van der Waals surface area (Å²) in [4.78, 5) is 36.5. The van der Waals surface area contributed by atoms with E-state index in [1.165, 1.54) is 37.1 Å². The summed E-state index contributed by atoms with van der Waals surface area (Å²) in [5.74, 6) is 1.37. The molecule has 2 N–H and O–H groups in total. The van der Waals surface area contributed by atoms with E-state index >= 15 is 0 Å². The Labute approximate surface area is 398 Å². The van der Waals surface area contributed by atoms with Crippen LogP contribution in [0.25, 0.3) is 12.2 Å². The molecule has 4 aromatic carbocycles. The summed E-state index contributed by atoms with van der Waals surface area (Å²) in [6.45, 7) is 17.5. The first-order chi connectivity index (χ1) is 32.0. The molecule has 4 fully saturated rings. The Kier molecular flexibility index (Phi) is 12.5. The molecule has 0 aliphatic carbocycles. The summed E-state index contributed by atoms with van der Waals surface area (Å²) in [7, 11) is 3.41. The minimum Gasteiger partial charge on any atom is -0.372 e. The molecule has 0 saturated carbocycles. The summed E-state index contributed by atoms with van der Waals surface area (Å²) >= 11 is 0. The minimum atomic E-state index is -0.626. The van der Waals surface area contributed by atoms with Gasteiger partial charge in [0.1, 0.15) is 0 Å². The molecule has 66 heavy (non-hydrogen) atoms. The highest BCUT2D eigenvalue weighted by Crippen LogP contribution is 2.57. The van der Waals surface area contributed by atoms with Crippen LogP contribution in [0.15, 0.2) is 97.1 Å². The first-order valence-corrected chi connectivity index (χ1v) is 26.5. The zero-order valence-corrected chi connectivity index (χ0v) is 40.6. The van der Waals surface area contributed by atoms with Crippen LogP contribution in [-0.4, -0.2) is 100 Å². The minimum absolute atomic E-state index is 0.0730. The van der Waals surface area contributed by atoms with Gasteiger partial charge in [-0.25, -0.2) is 0 Å². The molecule has 4 saturated heterocycles. The first-order valence-electron chi connectivity index (χ1n) is 24.0. The average Bonchev–Trinajstić information content (AvgIpc) is 4.21. The Morgan fingerprint density at radius 1 is 0.561 bits per heavy atom. The van der Waals surface area contributed by atoms with E-state index in [9.17, 15) is 9.59 Å². The third kappa shape index (κ3) is 7.99. The molecule has 2 amide bonds. The first kappa shape index (κ1) is 44.9. The standard InChI is InChI=1S/C54H64N6O4S2/c1-51(2)45-37-41(13-19-47(45)59-31-33-63-53(51,59)23-21-39-9-15-43(16-10-39)57-27-5-6-28-57)49(61)55-25-35-65-66-36-26-56-50(62)42-14-20-48-46(38-42)52(3,4)54(60(48)32-34-64-54)24-22-40-11-17-44(18-12-40)58-29-7-8-30-58/h9-24,37-38H,5-8,25-36H2,1-4H3,(H,55,61)(H,56,62)/b23-21+,24-22+. The molecule has 6 heterocycles. The lowest BCUT2D eigenvalue weighted by atomic mass is 9.77. The van der Waals surface area contributed by atoms with Crippen LogP contribution < -0.4 is 30.2 Å². The smallest absolute Gasteiger partial charge is 0.251 e. The number of fused-ring (bicyclic) bond motifs is 6. The van der Waals surface area contributed by atoms with Gasteiger partial charge in [0.05, 0.1) is 13.2 Å². The van der Waals surface area contributed by atoms with Gasteiger partial charge >= 0.3 is 0 Å². The summed E-state index contributed by atoms with van der Waals surface area (Å²) in [6.07, 6.45) is 13.9. The van der Waals surface area contributed by atoms with E-state index < -0.39 is 11.4 Å². The Morgan fingerprint density at radius 2 is 0.955 bits per heavy atom. The fourth-order valence-corrected chi connectivity index (χ4v) is 13.1. The molecular weight excluding hydrogens is 861 g/mol.